The highest BCUT2D eigenvalue weighted by Gasteiger charge is 2.29. The number of halogens is 4. The summed E-state index contributed by atoms with van der Waals surface area (Å²) in [5, 5.41) is 6.38. The van der Waals surface area contributed by atoms with Gasteiger partial charge in [0, 0.05) is 11.3 Å². The Morgan fingerprint density at radius 2 is 1.70 bits per heavy atom. The minimum absolute atomic E-state index is 0.0121. The molecule has 0 bridgehead atoms. The summed E-state index contributed by atoms with van der Waals surface area (Å²) in [4.78, 5) is 0. The maximum atomic E-state index is 13.4. The molecule has 2 aromatic carbocycles. The van der Waals surface area contributed by atoms with Gasteiger partial charge < -0.3 is 11.1 Å². The Morgan fingerprint density at radius 1 is 1.04 bits per heavy atom. The van der Waals surface area contributed by atoms with Gasteiger partial charge in [0.2, 0.25) is 0 Å². The Kier molecular flexibility index (Phi) is 4.70. The molecule has 0 unspecified atom stereocenters. The quantitative estimate of drug-likeness (QED) is 0.229. The molecule has 2 aromatic rings. The smallest absolute Gasteiger partial charge is 0.382 e. The maximum absolute atomic E-state index is 13.4. The molecule has 0 aliphatic rings. The average Bonchev–Trinajstić information content (AvgIpc) is 2.47. The number of nitrogens with zero attached hydrogens (tertiary/aromatic N) is 1. The van der Waals surface area contributed by atoms with E-state index in [1.807, 2.05) is 5.53 Å². The third-order valence-electron chi connectivity index (χ3n) is 2.93. The van der Waals surface area contributed by atoms with Gasteiger partial charge in [0.15, 0.2) is 5.84 Å². The molecule has 0 heterocycles. The van der Waals surface area contributed by atoms with Crippen molar-refractivity contribution in [2.75, 3.05) is 5.32 Å². The normalized spacial score (nSPS) is 12.1. The molecule has 0 saturated heterocycles. The fourth-order valence-corrected chi connectivity index (χ4v) is 1.87. The van der Waals surface area contributed by atoms with Crippen LogP contribution >= 0.6 is 0 Å². The minimum Gasteiger partial charge on any atom is -0.382 e. The van der Waals surface area contributed by atoms with Gasteiger partial charge in [0.25, 0.3) is 0 Å². The summed E-state index contributed by atoms with van der Waals surface area (Å²) in [6.45, 7) is 0. The first kappa shape index (κ1) is 16.6. The van der Waals surface area contributed by atoms with Crippen molar-refractivity contribution in [3.8, 4) is 0 Å². The van der Waals surface area contributed by atoms with Crippen LogP contribution in [-0.2, 0) is 6.18 Å². The van der Waals surface area contributed by atoms with Gasteiger partial charge in [-0.2, -0.15) is 13.2 Å². The molecule has 0 saturated carbocycles. The number of nitrogens with one attached hydrogen (secondary N) is 2. The lowest BCUT2D eigenvalue weighted by Crippen LogP contribution is -2.23. The first-order valence-corrected chi connectivity index (χ1v) is 6.34. The van der Waals surface area contributed by atoms with Crippen LogP contribution in [0.5, 0.6) is 0 Å². The van der Waals surface area contributed by atoms with E-state index in [0.717, 1.165) is 18.2 Å². The van der Waals surface area contributed by atoms with Crippen LogP contribution in [0.4, 0.5) is 28.9 Å². The summed E-state index contributed by atoms with van der Waals surface area (Å²) >= 11 is 0. The number of hydrazone groups is 1. The second-order valence-electron chi connectivity index (χ2n) is 4.52. The molecule has 23 heavy (non-hydrogen) atoms. The number of alkyl halides is 3. The van der Waals surface area contributed by atoms with Crippen LogP contribution in [0.2, 0.25) is 0 Å². The number of nitrogens with two attached hydrogens (primary N) is 2. The molecule has 0 radical (unpaired) electrons. The van der Waals surface area contributed by atoms with Gasteiger partial charge in [-0.15, -0.1) is 5.10 Å². The highest BCUT2D eigenvalue weighted by atomic mass is 19.4. The minimum atomic E-state index is -4.42. The number of hydrazine groups is 1. The lowest BCUT2D eigenvalue weighted by atomic mass is 10.1. The van der Waals surface area contributed by atoms with Gasteiger partial charge in [-0.3, -0.25) is 0 Å². The number of hydrogen-bond donors (Lipinski definition) is 4. The third kappa shape index (κ3) is 4.10. The van der Waals surface area contributed by atoms with E-state index in [4.69, 9.17) is 11.6 Å². The molecule has 0 aliphatic carbocycles. The Balaban J connectivity index is 2.32. The Hall–Kier alpha value is -2.81. The predicted octanol–water partition coefficient (Wildman–Crippen LogP) is 2.67. The van der Waals surface area contributed by atoms with Crippen LogP contribution < -0.4 is 22.4 Å². The molecule has 5 nitrogen and oxygen atoms in total. The molecule has 0 aromatic heterocycles. The van der Waals surface area contributed by atoms with Crippen LogP contribution in [0.25, 0.3) is 0 Å². The van der Waals surface area contributed by atoms with E-state index in [0.29, 0.717) is 11.3 Å². The summed E-state index contributed by atoms with van der Waals surface area (Å²) in [5.41, 5.74) is 7.82. The average molecular weight is 327 g/mol. The summed E-state index contributed by atoms with van der Waals surface area (Å²) in [6.07, 6.45) is -4.42. The standard InChI is InChI=1S/C14H13F4N5/c15-9-3-6-11(13(19)22-23-20)12(7-9)21-10-4-1-8(2-5-10)14(16,17)18/h1-7,21,23H,20H2,(H2,19,22). The number of benzene rings is 2. The van der Waals surface area contributed by atoms with Crippen LogP contribution in [0.1, 0.15) is 11.1 Å². The van der Waals surface area contributed by atoms with Crippen molar-refractivity contribution >= 4 is 17.2 Å². The van der Waals surface area contributed by atoms with Gasteiger partial charge in [-0.1, -0.05) is 0 Å². The molecular formula is C14H13F4N5. The van der Waals surface area contributed by atoms with Crippen LogP contribution in [0.15, 0.2) is 47.6 Å². The predicted molar refractivity (Wildman–Crippen MR) is 79.2 cm³/mol. The zero-order chi connectivity index (χ0) is 17.0. The van der Waals surface area contributed by atoms with Crippen LogP contribution in [0.3, 0.4) is 0 Å². The van der Waals surface area contributed by atoms with E-state index in [1.54, 1.807) is 0 Å². The van der Waals surface area contributed by atoms with Gasteiger partial charge in [0.05, 0.1) is 11.3 Å². The van der Waals surface area contributed by atoms with E-state index in [-0.39, 0.29) is 11.5 Å². The zero-order valence-electron chi connectivity index (χ0n) is 11.7. The van der Waals surface area contributed by atoms with Crippen molar-refractivity contribution in [3.63, 3.8) is 0 Å². The summed E-state index contributed by atoms with van der Waals surface area (Å²) in [7, 11) is 0. The molecule has 0 aliphatic heterocycles. The molecule has 0 amide bonds. The Labute approximate surface area is 128 Å². The van der Waals surface area contributed by atoms with Gasteiger partial charge in [-0.05, 0) is 42.5 Å². The largest absolute Gasteiger partial charge is 0.416 e. The Bertz CT molecular complexity index is 710. The summed E-state index contributed by atoms with van der Waals surface area (Å²) in [6, 6.07) is 7.98. The second kappa shape index (κ2) is 6.53. The van der Waals surface area contributed by atoms with Crippen molar-refractivity contribution in [2.24, 2.45) is 16.7 Å². The van der Waals surface area contributed by atoms with Crippen molar-refractivity contribution < 1.29 is 17.6 Å². The van der Waals surface area contributed by atoms with Crippen molar-refractivity contribution in [1.82, 2.24) is 5.53 Å². The van der Waals surface area contributed by atoms with Crippen molar-refractivity contribution in [2.45, 2.75) is 6.18 Å². The molecule has 0 atom stereocenters. The van der Waals surface area contributed by atoms with Gasteiger partial charge >= 0.3 is 6.18 Å². The SMILES string of the molecule is NN/N=C(\N)c1ccc(F)cc1Nc1ccc(C(F)(F)F)cc1. The first-order chi connectivity index (χ1) is 10.8. The third-order valence-corrected chi connectivity index (χ3v) is 2.93. The molecule has 9 heteroatoms. The molecule has 2 rings (SSSR count). The van der Waals surface area contributed by atoms with Crippen molar-refractivity contribution in [1.29, 1.82) is 0 Å². The summed E-state index contributed by atoms with van der Waals surface area (Å²) in [5.74, 6) is 4.48. The highest BCUT2D eigenvalue weighted by Crippen LogP contribution is 2.30. The second-order valence-corrected chi connectivity index (χ2v) is 4.52. The molecular weight excluding hydrogens is 314 g/mol. The number of rotatable bonds is 4. The van der Waals surface area contributed by atoms with E-state index < -0.39 is 17.6 Å². The first-order valence-electron chi connectivity index (χ1n) is 6.34. The maximum Gasteiger partial charge on any atom is 0.416 e. The number of amidine groups is 1. The van der Waals surface area contributed by atoms with E-state index in [9.17, 15) is 17.6 Å². The summed E-state index contributed by atoms with van der Waals surface area (Å²) < 4.78 is 51.0. The lowest BCUT2D eigenvalue weighted by molar-refractivity contribution is -0.137. The van der Waals surface area contributed by atoms with Gasteiger partial charge in [-0.25, -0.2) is 15.8 Å². The number of hydrogen-bond acceptors (Lipinski definition) is 4. The molecule has 122 valence electrons. The van der Waals surface area contributed by atoms with E-state index in [1.165, 1.54) is 24.3 Å². The monoisotopic (exact) mass is 327 g/mol. The van der Waals surface area contributed by atoms with Gasteiger partial charge in [0.1, 0.15) is 5.82 Å². The zero-order valence-corrected chi connectivity index (χ0v) is 11.7. The highest BCUT2D eigenvalue weighted by molar-refractivity contribution is 6.02. The van der Waals surface area contributed by atoms with E-state index in [2.05, 4.69) is 10.4 Å². The topological polar surface area (TPSA) is 88.5 Å². The van der Waals surface area contributed by atoms with Crippen LogP contribution in [0, 0.1) is 5.82 Å². The van der Waals surface area contributed by atoms with E-state index >= 15 is 0 Å². The molecule has 0 fully saturated rings. The Morgan fingerprint density at radius 3 is 2.26 bits per heavy atom. The fraction of sp³-hybridized carbons (Fsp3) is 0.0714. The molecule has 0 spiro atoms. The number of anilines is 2. The fourth-order valence-electron chi connectivity index (χ4n) is 1.87. The van der Waals surface area contributed by atoms with Crippen LogP contribution in [-0.4, -0.2) is 5.84 Å². The molecule has 6 N–H and O–H groups in total. The lowest BCUT2D eigenvalue weighted by Gasteiger charge is -2.13. The van der Waals surface area contributed by atoms with Crippen molar-refractivity contribution in [3.05, 3.63) is 59.4 Å².